The molecule has 0 saturated carbocycles. The van der Waals surface area contributed by atoms with Gasteiger partial charge in [0.15, 0.2) is 8.32 Å². The van der Waals surface area contributed by atoms with E-state index >= 15 is 4.79 Å². The van der Waals surface area contributed by atoms with Crippen LogP contribution in [0.25, 0.3) is 5.57 Å². The van der Waals surface area contributed by atoms with Crippen LogP contribution in [-0.4, -0.2) is 42.6 Å². The number of hydrogen-bond acceptors (Lipinski definition) is 7. The van der Waals surface area contributed by atoms with Gasteiger partial charge in [0.1, 0.15) is 30.0 Å². The zero-order valence-electron chi connectivity index (χ0n) is 33.0. The fraction of sp³-hybridized carbons (Fsp3) is 0.255. The van der Waals surface area contributed by atoms with E-state index in [0.717, 1.165) is 16.7 Å². The molecule has 2 amide bonds. The first-order valence-electron chi connectivity index (χ1n) is 19.3. The van der Waals surface area contributed by atoms with Gasteiger partial charge >= 0.3 is 12.1 Å². The third kappa shape index (κ3) is 10.1. The predicted octanol–water partition coefficient (Wildman–Crippen LogP) is 10.9. The van der Waals surface area contributed by atoms with Gasteiger partial charge in [-0.25, -0.2) is 23.3 Å². The van der Waals surface area contributed by atoms with E-state index in [1.54, 1.807) is 78.9 Å². The lowest BCUT2D eigenvalue weighted by Crippen LogP contribution is -2.42. The van der Waals surface area contributed by atoms with Gasteiger partial charge < -0.3 is 19.6 Å². The molecule has 300 valence electrons. The summed E-state index contributed by atoms with van der Waals surface area (Å²) in [5, 5.41) is 3.08. The first-order valence-corrected chi connectivity index (χ1v) is 22.3. The van der Waals surface area contributed by atoms with E-state index in [-0.39, 0.29) is 29.6 Å². The number of carbonyl (C=O) groups is 3. The molecule has 0 unspecified atom stereocenters. The van der Waals surface area contributed by atoms with Crippen LogP contribution >= 0.6 is 0 Å². The van der Waals surface area contributed by atoms with Gasteiger partial charge in [0.05, 0.1) is 17.5 Å². The summed E-state index contributed by atoms with van der Waals surface area (Å²) >= 11 is 0. The van der Waals surface area contributed by atoms with Gasteiger partial charge in [0, 0.05) is 5.69 Å². The van der Waals surface area contributed by atoms with E-state index in [9.17, 15) is 23.2 Å². The van der Waals surface area contributed by atoms with Crippen molar-refractivity contribution in [2.45, 2.75) is 63.3 Å². The lowest BCUT2D eigenvalue weighted by Gasteiger charge is -2.35. The van der Waals surface area contributed by atoms with Gasteiger partial charge in [-0.2, -0.15) is 0 Å². The lowest BCUT2D eigenvalue weighted by molar-refractivity contribution is -0.134. The van der Waals surface area contributed by atoms with Crippen molar-refractivity contribution in [3.05, 3.63) is 173 Å². The van der Waals surface area contributed by atoms with Gasteiger partial charge in [-0.05, 0) is 120 Å². The average molecular weight is 803 g/mol. The zero-order valence-corrected chi connectivity index (χ0v) is 34.0. The summed E-state index contributed by atoms with van der Waals surface area (Å²) in [6.07, 6.45) is 2.44. The van der Waals surface area contributed by atoms with E-state index in [1.807, 2.05) is 63.3 Å². The second-order valence-corrected chi connectivity index (χ2v) is 20.2. The second kappa shape index (κ2) is 18.1. The first kappa shape index (κ1) is 41.7. The topological polar surface area (TPSA) is 105 Å². The minimum Gasteiger partial charge on any atom is -0.446 e. The van der Waals surface area contributed by atoms with Crippen molar-refractivity contribution >= 4 is 37.5 Å². The number of cyclic esters (lactones) is 1. The monoisotopic (exact) mass is 802 g/mol. The number of amides is 2. The highest BCUT2D eigenvalue weighted by Gasteiger charge is 2.44. The van der Waals surface area contributed by atoms with E-state index in [2.05, 4.69) is 5.32 Å². The number of imide groups is 1. The molecule has 1 saturated heterocycles. The van der Waals surface area contributed by atoms with Crippen LogP contribution in [0.1, 0.15) is 72.2 Å². The molecule has 3 atom stereocenters. The number of halogens is 2. The quantitative estimate of drug-likeness (QED) is 0.0617. The molecule has 0 bridgehead atoms. The highest BCUT2D eigenvalue weighted by Crippen LogP contribution is 2.43. The van der Waals surface area contributed by atoms with Crippen LogP contribution in [0.2, 0.25) is 18.1 Å². The largest absolute Gasteiger partial charge is 0.446 e. The Morgan fingerprint density at radius 3 is 2.05 bits per heavy atom. The van der Waals surface area contributed by atoms with E-state index in [4.69, 9.17) is 9.47 Å². The minimum atomic E-state index is -2.60. The second-order valence-electron chi connectivity index (χ2n) is 15.7. The maximum absolute atomic E-state index is 15.2. The van der Waals surface area contributed by atoms with Crippen molar-refractivity contribution in [2.24, 2.45) is 5.92 Å². The Balaban J connectivity index is 1.44. The van der Waals surface area contributed by atoms with Gasteiger partial charge in [-0.1, -0.05) is 92.7 Å². The summed E-state index contributed by atoms with van der Waals surface area (Å²) in [5.74, 6) is -2.54. The van der Waals surface area contributed by atoms with E-state index in [0.29, 0.717) is 29.7 Å². The van der Waals surface area contributed by atoms with Crippen molar-refractivity contribution in [3.63, 3.8) is 0 Å². The fourth-order valence-electron chi connectivity index (χ4n) is 6.82. The van der Waals surface area contributed by atoms with Crippen LogP contribution in [0.5, 0.6) is 5.75 Å². The van der Waals surface area contributed by atoms with E-state index in [1.165, 1.54) is 29.2 Å². The van der Waals surface area contributed by atoms with Crippen molar-refractivity contribution < 1.29 is 37.4 Å². The maximum atomic E-state index is 15.2. The maximum Gasteiger partial charge on any atom is 0.417 e. The summed E-state index contributed by atoms with van der Waals surface area (Å²) in [6, 6.07) is 35.0. The molecular weight excluding hydrogens is 755 g/mol. The Hall–Kier alpha value is -5.91. The number of ether oxygens (including phenoxy) is 2. The molecule has 1 heterocycles. The third-order valence-electron chi connectivity index (χ3n) is 11.1. The van der Waals surface area contributed by atoms with Crippen LogP contribution in [0.3, 0.4) is 0 Å². The summed E-state index contributed by atoms with van der Waals surface area (Å²) in [5.41, 5.74) is 3.86. The number of benzene rings is 5. The molecule has 1 aliphatic rings. The Morgan fingerprint density at radius 2 is 1.45 bits per heavy atom. The van der Waals surface area contributed by atoms with Crippen LogP contribution in [-0.2, 0) is 9.53 Å². The smallest absolute Gasteiger partial charge is 0.417 e. The zero-order chi connectivity index (χ0) is 41.5. The van der Waals surface area contributed by atoms with Crippen LogP contribution in [0.15, 0.2) is 140 Å². The molecule has 1 fully saturated rings. The standard InChI is InChI=1S/C47H48F2N2O6Si/c1-47(2,58(3,4)55)30-29-33(32-15-20-37(48)21-16-32)19-28-41(44(52)51-42(31-56-46(51)54)34-11-7-5-8-12-34)43(50-39-24-22-38(49)23-25-39)35-17-26-40(27-18-35)57-45(53)36-13-9-6-10-14-36/h5-27,41-43,50,55H,28-31H2,1-4H3/b33-19-/t41-,42-,43-/m1/s1. The Labute approximate surface area is 339 Å². The molecule has 6 rings (SSSR count). The number of nitrogens with one attached hydrogen (secondary N) is 1. The molecule has 0 aliphatic carbocycles. The SMILES string of the molecule is CC(C)(CC/C(=C/C[C@@H](C(=O)N1C(=O)OC[C@@H]1c1ccccc1)[C@H](Nc1ccc(F)cc1)c1ccc(OC(=O)c2ccccc2)cc1)c1ccc(F)cc1)[Si](C)(C)O. The van der Waals surface area contributed by atoms with Crippen molar-refractivity contribution in [2.75, 3.05) is 11.9 Å². The first-order chi connectivity index (χ1) is 27.7. The summed E-state index contributed by atoms with van der Waals surface area (Å²) in [7, 11) is -2.60. The highest BCUT2D eigenvalue weighted by atomic mass is 28.4. The minimum absolute atomic E-state index is 0.0224. The molecule has 11 heteroatoms. The molecule has 0 aromatic heterocycles. The van der Waals surface area contributed by atoms with Gasteiger partial charge in [-0.15, -0.1) is 0 Å². The van der Waals surface area contributed by atoms with Crippen molar-refractivity contribution in [1.82, 2.24) is 4.90 Å². The van der Waals surface area contributed by atoms with Crippen LogP contribution in [0.4, 0.5) is 19.3 Å². The number of allylic oxidation sites excluding steroid dienone is 2. The number of nitrogens with zero attached hydrogens (tertiary/aromatic N) is 1. The molecule has 0 radical (unpaired) electrons. The lowest BCUT2D eigenvalue weighted by atomic mass is 9.86. The molecule has 2 N–H and O–H groups in total. The average Bonchev–Trinajstić information content (AvgIpc) is 3.61. The Bertz CT molecular complexity index is 2210. The summed E-state index contributed by atoms with van der Waals surface area (Å²) < 4.78 is 39.5. The highest BCUT2D eigenvalue weighted by molar-refractivity contribution is 6.72. The number of anilines is 1. The molecule has 8 nitrogen and oxygen atoms in total. The number of esters is 1. The number of hydrogen-bond donors (Lipinski definition) is 2. The third-order valence-corrected chi connectivity index (χ3v) is 14.7. The number of rotatable bonds is 15. The Kier molecular flexibility index (Phi) is 13.0. The van der Waals surface area contributed by atoms with Gasteiger partial charge in [-0.3, -0.25) is 4.79 Å². The fourth-order valence-corrected chi connectivity index (χ4v) is 7.56. The molecule has 1 aliphatic heterocycles. The normalized spacial score (nSPS) is 15.7. The molecule has 5 aromatic carbocycles. The summed E-state index contributed by atoms with van der Waals surface area (Å²) in [6.45, 7) is 7.87. The van der Waals surface area contributed by atoms with Crippen molar-refractivity contribution in [3.8, 4) is 5.75 Å². The predicted molar refractivity (Wildman–Crippen MR) is 223 cm³/mol. The van der Waals surface area contributed by atoms with Crippen LogP contribution < -0.4 is 10.1 Å². The van der Waals surface area contributed by atoms with Gasteiger partial charge in [0.25, 0.3) is 0 Å². The van der Waals surface area contributed by atoms with Gasteiger partial charge in [0.2, 0.25) is 5.91 Å². The summed E-state index contributed by atoms with van der Waals surface area (Å²) in [4.78, 5) is 53.9. The van der Waals surface area contributed by atoms with Crippen molar-refractivity contribution in [1.29, 1.82) is 0 Å². The molecule has 58 heavy (non-hydrogen) atoms. The van der Waals surface area contributed by atoms with E-state index < -0.39 is 50.1 Å². The van der Waals surface area contributed by atoms with Crippen LogP contribution in [0, 0.1) is 17.6 Å². The molecule has 5 aromatic rings. The Morgan fingerprint density at radius 1 is 0.862 bits per heavy atom. The number of carbonyl (C=O) groups excluding carboxylic acids is 3. The molecular formula is C47H48F2N2O6Si. The molecule has 0 spiro atoms.